The van der Waals surface area contributed by atoms with Gasteiger partial charge >= 0.3 is 6.18 Å². The van der Waals surface area contributed by atoms with E-state index in [0.29, 0.717) is 22.6 Å². The number of halogens is 3. The summed E-state index contributed by atoms with van der Waals surface area (Å²) in [6.45, 7) is 2.62. The number of nitrogens with zero attached hydrogens (tertiary/aromatic N) is 3. The zero-order valence-electron chi connectivity index (χ0n) is 14.9. The number of hydrogen-bond donors (Lipinski definition) is 1. The van der Waals surface area contributed by atoms with Crippen LogP contribution >= 0.6 is 0 Å². The van der Waals surface area contributed by atoms with E-state index in [1.165, 1.54) is 6.07 Å². The highest BCUT2D eigenvalue weighted by atomic mass is 19.4. The number of ether oxygens (including phenoxy) is 1. The van der Waals surface area contributed by atoms with Crippen LogP contribution in [0.2, 0.25) is 0 Å². The lowest BCUT2D eigenvalue weighted by atomic mass is 10.1. The molecule has 0 aliphatic heterocycles. The van der Waals surface area contributed by atoms with Crippen molar-refractivity contribution in [2.75, 3.05) is 0 Å². The first-order chi connectivity index (χ1) is 13.3. The van der Waals surface area contributed by atoms with Crippen molar-refractivity contribution < 1.29 is 22.4 Å². The maximum absolute atomic E-state index is 12.7. The van der Waals surface area contributed by atoms with Gasteiger partial charge in [-0.05, 0) is 49.7 Å². The monoisotopic (exact) mass is 388 g/mol. The van der Waals surface area contributed by atoms with E-state index in [9.17, 15) is 13.2 Å². The number of aromatic amines is 1. The first-order valence-corrected chi connectivity index (χ1v) is 8.43. The first kappa shape index (κ1) is 18.0. The average molecular weight is 388 g/mol. The standard InChI is InChI=1S/C19H15F3N4O2/c1-10-9-12(3-4-15(10)27-11(2)19(20,21)22)18-25-17(26-28-18)14-6-8-24-16-13(14)5-7-23-16/h3-9,11H,1-2H3,(H,23,24). The van der Waals surface area contributed by atoms with Gasteiger partial charge in [0.2, 0.25) is 5.82 Å². The minimum Gasteiger partial charge on any atom is -0.481 e. The number of fused-ring (bicyclic) bond motifs is 1. The summed E-state index contributed by atoms with van der Waals surface area (Å²) in [5, 5.41) is 4.87. The summed E-state index contributed by atoms with van der Waals surface area (Å²) in [6.07, 6.45) is -2.92. The molecule has 1 aromatic carbocycles. The first-order valence-electron chi connectivity index (χ1n) is 8.43. The van der Waals surface area contributed by atoms with Gasteiger partial charge in [-0.2, -0.15) is 18.2 Å². The summed E-state index contributed by atoms with van der Waals surface area (Å²) in [6, 6.07) is 8.35. The Kier molecular flexibility index (Phi) is 4.29. The molecule has 0 fully saturated rings. The lowest BCUT2D eigenvalue weighted by Gasteiger charge is -2.19. The van der Waals surface area contributed by atoms with Gasteiger partial charge in [-0.3, -0.25) is 0 Å². The Hall–Kier alpha value is -3.36. The third-order valence-corrected chi connectivity index (χ3v) is 4.31. The number of hydrogen-bond acceptors (Lipinski definition) is 5. The van der Waals surface area contributed by atoms with Crippen LogP contribution in [0.3, 0.4) is 0 Å². The minimum atomic E-state index is -4.43. The molecular weight excluding hydrogens is 373 g/mol. The zero-order chi connectivity index (χ0) is 19.9. The van der Waals surface area contributed by atoms with Gasteiger partial charge in [-0.1, -0.05) is 5.16 Å². The topological polar surface area (TPSA) is 76.8 Å². The molecule has 0 radical (unpaired) electrons. The molecule has 0 amide bonds. The average Bonchev–Trinajstić information content (AvgIpc) is 3.31. The molecular formula is C19H15F3N4O2. The number of nitrogens with one attached hydrogen (secondary N) is 1. The third-order valence-electron chi connectivity index (χ3n) is 4.31. The maximum Gasteiger partial charge on any atom is 0.425 e. The highest BCUT2D eigenvalue weighted by Crippen LogP contribution is 2.31. The van der Waals surface area contributed by atoms with Gasteiger partial charge in [0, 0.05) is 28.9 Å². The van der Waals surface area contributed by atoms with Crippen molar-refractivity contribution in [2.45, 2.75) is 26.1 Å². The quantitative estimate of drug-likeness (QED) is 0.537. The Morgan fingerprint density at radius 2 is 2.00 bits per heavy atom. The lowest BCUT2D eigenvalue weighted by Crippen LogP contribution is -2.31. The Balaban J connectivity index is 1.62. The largest absolute Gasteiger partial charge is 0.481 e. The molecule has 28 heavy (non-hydrogen) atoms. The molecule has 0 bridgehead atoms. The smallest absolute Gasteiger partial charge is 0.425 e. The molecule has 6 nitrogen and oxygen atoms in total. The van der Waals surface area contributed by atoms with E-state index < -0.39 is 12.3 Å². The van der Waals surface area contributed by atoms with Gasteiger partial charge in [-0.25, -0.2) is 4.98 Å². The predicted molar refractivity (Wildman–Crippen MR) is 95.7 cm³/mol. The van der Waals surface area contributed by atoms with E-state index in [2.05, 4.69) is 20.1 Å². The van der Waals surface area contributed by atoms with E-state index >= 15 is 0 Å². The van der Waals surface area contributed by atoms with Crippen LogP contribution in [0.4, 0.5) is 13.2 Å². The minimum absolute atomic E-state index is 0.150. The Morgan fingerprint density at radius 3 is 2.75 bits per heavy atom. The second-order valence-electron chi connectivity index (χ2n) is 6.30. The van der Waals surface area contributed by atoms with Crippen LogP contribution in [-0.4, -0.2) is 32.4 Å². The number of H-pyrrole nitrogens is 1. The molecule has 4 aromatic rings. The molecule has 1 unspecified atom stereocenters. The van der Waals surface area contributed by atoms with Crippen LogP contribution < -0.4 is 4.74 Å². The number of alkyl halides is 3. The van der Waals surface area contributed by atoms with Gasteiger partial charge in [0.05, 0.1) is 0 Å². The highest BCUT2D eigenvalue weighted by Gasteiger charge is 2.38. The molecule has 144 valence electrons. The summed E-state index contributed by atoms with van der Waals surface area (Å²) in [5.41, 5.74) is 2.59. The predicted octanol–water partition coefficient (Wildman–Crippen LogP) is 4.92. The molecule has 0 spiro atoms. The van der Waals surface area contributed by atoms with Crippen molar-refractivity contribution in [3.8, 4) is 28.6 Å². The van der Waals surface area contributed by atoms with Gasteiger partial charge in [-0.15, -0.1) is 0 Å². The fourth-order valence-corrected chi connectivity index (χ4v) is 2.78. The third kappa shape index (κ3) is 3.30. The lowest BCUT2D eigenvalue weighted by molar-refractivity contribution is -0.189. The molecule has 0 aliphatic carbocycles. The van der Waals surface area contributed by atoms with E-state index in [-0.39, 0.29) is 11.6 Å². The van der Waals surface area contributed by atoms with Crippen molar-refractivity contribution in [1.29, 1.82) is 0 Å². The summed E-state index contributed by atoms with van der Waals surface area (Å²) in [4.78, 5) is 11.6. The van der Waals surface area contributed by atoms with Gasteiger partial charge in [0.15, 0.2) is 6.10 Å². The van der Waals surface area contributed by atoms with E-state index in [1.54, 1.807) is 37.5 Å². The number of benzene rings is 1. The van der Waals surface area contributed by atoms with Crippen LogP contribution in [0.1, 0.15) is 12.5 Å². The summed E-state index contributed by atoms with van der Waals surface area (Å²) < 4.78 is 48.5. The maximum atomic E-state index is 12.7. The van der Waals surface area contributed by atoms with Crippen molar-refractivity contribution in [1.82, 2.24) is 20.1 Å². The molecule has 0 saturated carbocycles. The summed E-state index contributed by atoms with van der Waals surface area (Å²) in [5.74, 6) is 0.802. The van der Waals surface area contributed by atoms with Gasteiger partial charge in [0.1, 0.15) is 11.4 Å². The molecule has 9 heteroatoms. The van der Waals surface area contributed by atoms with Gasteiger partial charge in [0.25, 0.3) is 5.89 Å². The van der Waals surface area contributed by atoms with Crippen molar-refractivity contribution in [2.24, 2.45) is 0 Å². The summed E-state index contributed by atoms with van der Waals surface area (Å²) >= 11 is 0. The van der Waals surface area contributed by atoms with Crippen LogP contribution in [0.15, 0.2) is 47.2 Å². The van der Waals surface area contributed by atoms with Crippen LogP contribution in [0.25, 0.3) is 33.9 Å². The second kappa shape index (κ2) is 6.66. The molecule has 3 aromatic heterocycles. The van der Waals surface area contributed by atoms with E-state index in [0.717, 1.165) is 17.9 Å². The van der Waals surface area contributed by atoms with Crippen molar-refractivity contribution in [3.05, 3.63) is 48.3 Å². The molecule has 1 atom stereocenters. The fourth-order valence-electron chi connectivity index (χ4n) is 2.78. The number of aromatic nitrogens is 4. The molecule has 4 rings (SSSR count). The SMILES string of the molecule is Cc1cc(-c2nc(-c3ccnc4[nH]ccc34)no2)ccc1OC(C)C(F)(F)F. The van der Waals surface area contributed by atoms with E-state index in [4.69, 9.17) is 9.26 Å². The highest BCUT2D eigenvalue weighted by molar-refractivity contribution is 5.90. The normalized spacial score (nSPS) is 13.0. The second-order valence-corrected chi connectivity index (χ2v) is 6.30. The number of pyridine rings is 1. The molecule has 0 saturated heterocycles. The Labute approximate surface area is 157 Å². The number of rotatable bonds is 4. The molecule has 1 N–H and O–H groups in total. The number of aryl methyl sites for hydroxylation is 1. The Morgan fingerprint density at radius 1 is 1.18 bits per heavy atom. The summed E-state index contributed by atoms with van der Waals surface area (Å²) in [7, 11) is 0. The molecule has 0 aliphatic rings. The fraction of sp³-hybridized carbons (Fsp3) is 0.211. The van der Waals surface area contributed by atoms with E-state index in [1.807, 2.05) is 6.07 Å². The van der Waals surface area contributed by atoms with Crippen LogP contribution in [0, 0.1) is 6.92 Å². The Bertz CT molecular complexity index is 1130. The van der Waals surface area contributed by atoms with Crippen LogP contribution in [-0.2, 0) is 0 Å². The van der Waals surface area contributed by atoms with Crippen molar-refractivity contribution in [3.63, 3.8) is 0 Å². The molecule has 3 heterocycles. The zero-order valence-corrected chi connectivity index (χ0v) is 14.9. The van der Waals surface area contributed by atoms with Gasteiger partial charge < -0.3 is 14.2 Å². The van der Waals surface area contributed by atoms with Crippen molar-refractivity contribution >= 4 is 11.0 Å². The van der Waals surface area contributed by atoms with Crippen LogP contribution in [0.5, 0.6) is 5.75 Å².